The first-order valence-corrected chi connectivity index (χ1v) is 7.73. The SMILES string of the molecule is O=C(O)CC1(CC(=O)NC2CC3CCC2O3)CCCC1. The van der Waals surface area contributed by atoms with Crippen molar-refractivity contribution in [2.24, 2.45) is 5.41 Å². The van der Waals surface area contributed by atoms with E-state index in [0.29, 0.717) is 12.5 Å². The van der Waals surface area contributed by atoms with Crippen LogP contribution in [0.15, 0.2) is 0 Å². The van der Waals surface area contributed by atoms with Gasteiger partial charge in [0, 0.05) is 6.42 Å². The number of aliphatic carboxylic acids is 1. The molecule has 3 rings (SSSR count). The van der Waals surface area contributed by atoms with Gasteiger partial charge in [-0.3, -0.25) is 9.59 Å². The van der Waals surface area contributed by atoms with E-state index in [0.717, 1.165) is 44.9 Å². The molecule has 2 aliphatic heterocycles. The summed E-state index contributed by atoms with van der Waals surface area (Å²) >= 11 is 0. The Morgan fingerprint density at radius 3 is 2.50 bits per heavy atom. The number of carbonyl (C=O) groups excluding carboxylic acids is 1. The minimum atomic E-state index is -0.789. The molecule has 0 spiro atoms. The topological polar surface area (TPSA) is 75.6 Å². The summed E-state index contributed by atoms with van der Waals surface area (Å²) in [5.74, 6) is -0.780. The number of fused-ring (bicyclic) bond motifs is 2. The van der Waals surface area contributed by atoms with Gasteiger partial charge in [0.25, 0.3) is 0 Å². The number of amides is 1. The standard InChI is InChI=1S/C15H23NO4/c17-13(16-11-7-10-3-4-12(11)20-10)8-15(9-14(18)19)5-1-2-6-15/h10-12H,1-9H2,(H,16,17)(H,18,19). The molecule has 1 aliphatic carbocycles. The van der Waals surface area contributed by atoms with E-state index < -0.39 is 5.97 Å². The van der Waals surface area contributed by atoms with Crippen LogP contribution in [-0.4, -0.2) is 35.2 Å². The van der Waals surface area contributed by atoms with Crippen LogP contribution in [0.3, 0.4) is 0 Å². The highest BCUT2D eigenvalue weighted by Crippen LogP contribution is 2.44. The fourth-order valence-corrected chi connectivity index (χ4v) is 4.25. The first kappa shape index (κ1) is 13.9. The summed E-state index contributed by atoms with van der Waals surface area (Å²) in [4.78, 5) is 23.3. The van der Waals surface area contributed by atoms with Gasteiger partial charge in [-0.2, -0.15) is 0 Å². The van der Waals surface area contributed by atoms with E-state index in [9.17, 15) is 9.59 Å². The highest BCUT2D eigenvalue weighted by atomic mass is 16.5. The molecule has 2 saturated heterocycles. The maximum atomic E-state index is 12.3. The van der Waals surface area contributed by atoms with Crippen LogP contribution in [0.1, 0.15) is 57.8 Å². The van der Waals surface area contributed by atoms with Crippen LogP contribution in [0.2, 0.25) is 0 Å². The van der Waals surface area contributed by atoms with Crippen molar-refractivity contribution in [1.82, 2.24) is 5.32 Å². The van der Waals surface area contributed by atoms with Crippen molar-refractivity contribution in [3.63, 3.8) is 0 Å². The van der Waals surface area contributed by atoms with Crippen LogP contribution in [0.25, 0.3) is 0 Å². The Kier molecular flexibility index (Phi) is 3.71. The van der Waals surface area contributed by atoms with Crippen LogP contribution in [0.5, 0.6) is 0 Å². The van der Waals surface area contributed by atoms with Gasteiger partial charge in [-0.25, -0.2) is 0 Å². The van der Waals surface area contributed by atoms with Gasteiger partial charge in [-0.15, -0.1) is 0 Å². The second-order valence-corrected chi connectivity index (χ2v) is 6.74. The predicted octanol–water partition coefficient (Wildman–Crippen LogP) is 1.85. The quantitative estimate of drug-likeness (QED) is 0.806. The minimum Gasteiger partial charge on any atom is -0.481 e. The summed E-state index contributed by atoms with van der Waals surface area (Å²) in [6, 6.07) is 0.143. The van der Waals surface area contributed by atoms with Gasteiger partial charge in [0.05, 0.1) is 24.7 Å². The summed E-state index contributed by atoms with van der Waals surface area (Å²) in [7, 11) is 0. The number of ether oxygens (including phenoxy) is 1. The Morgan fingerprint density at radius 2 is 1.95 bits per heavy atom. The lowest BCUT2D eigenvalue weighted by Crippen LogP contribution is -2.43. The fourth-order valence-electron chi connectivity index (χ4n) is 4.25. The third-order valence-corrected chi connectivity index (χ3v) is 5.18. The van der Waals surface area contributed by atoms with E-state index in [1.807, 2.05) is 0 Å². The molecule has 3 atom stereocenters. The first-order chi connectivity index (χ1) is 9.56. The van der Waals surface area contributed by atoms with E-state index >= 15 is 0 Å². The van der Waals surface area contributed by atoms with Crippen LogP contribution in [0, 0.1) is 5.41 Å². The van der Waals surface area contributed by atoms with Crippen LogP contribution >= 0.6 is 0 Å². The monoisotopic (exact) mass is 281 g/mol. The molecular formula is C15H23NO4. The molecule has 3 aliphatic rings. The third-order valence-electron chi connectivity index (χ3n) is 5.18. The van der Waals surface area contributed by atoms with Crippen molar-refractivity contribution in [3.05, 3.63) is 0 Å². The molecule has 2 N–H and O–H groups in total. The smallest absolute Gasteiger partial charge is 0.303 e. The van der Waals surface area contributed by atoms with Gasteiger partial charge in [0.1, 0.15) is 0 Å². The summed E-state index contributed by atoms with van der Waals surface area (Å²) < 4.78 is 5.74. The number of nitrogens with one attached hydrogen (secondary N) is 1. The maximum Gasteiger partial charge on any atom is 0.303 e. The maximum absolute atomic E-state index is 12.3. The van der Waals surface area contributed by atoms with Gasteiger partial charge in [-0.05, 0) is 37.5 Å². The molecule has 0 radical (unpaired) electrons. The molecule has 3 unspecified atom stereocenters. The average molecular weight is 281 g/mol. The molecule has 0 aromatic rings. The summed E-state index contributed by atoms with van der Waals surface area (Å²) in [5.41, 5.74) is -0.311. The van der Waals surface area contributed by atoms with E-state index in [4.69, 9.17) is 9.84 Å². The largest absolute Gasteiger partial charge is 0.481 e. The number of hydrogen-bond donors (Lipinski definition) is 2. The first-order valence-electron chi connectivity index (χ1n) is 7.73. The molecule has 2 bridgehead atoms. The Hall–Kier alpha value is -1.10. The Labute approximate surface area is 119 Å². The van der Waals surface area contributed by atoms with Crippen molar-refractivity contribution in [3.8, 4) is 0 Å². The molecule has 5 nitrogen and oxygen atoms in total. The van der Waals surface area contributed by atoms with Crippen molar-refractivity contribution in [2.45, 2.75) is 76.0 Å². The van der Waals surface area contributed by atoms with E-state index in [1.165, 1.54) is 0 Å². The van der Waals surface area contributed by atoms with Crippen molar-refractivity contribution in [2.75, 3.05) is 0 Å². The second kappa shape index (κ2) is 5.35. The van der Waals surface area contributed by atoms with Gasteiger partial charge in [0.15, 0.2) is 0 Å². The zero-order valence-corrected chi connectivity index (χ0v) is 11.8. The number of carbonyl (C=O) groups is 2. The molecule has 20 heavy (non-hydrogen) atoms. The molecule has 5 heteroatoms. The number of hydrogen-bond acceptors (Lipinski definition) is 3. The molecule has 3 fully saturated rings. The Morgan fingerprint density at radius 1 is 1.20 bits per heavy atom. The summed E-state index contributed by atoms with van der Waals surface area (Å²) in [5, 5.41) is 12.1. The lowest BCUT2D eigenvalue weighted by molar-refractivity contribution is -0.140. The zero-order chi connectivity index (χ0) is 14.2. The number of rotatable bonds is 5. The molecule has 0 aromatic heterocycles. The number of carboxylic acid groups (broad SMARTS) is 1. The minimum absolute atomic E-state index is 0.00861. The molecule has 2 heterocycles. The lowest BCUT2D eigenvalue weighted by Gasteiger charge is -2.28. The van der Waals surface area contributed by atoms with Gasteiger partial charge in [0.2, 0.25) is 5.91 Å². The van der Waals surface area contributed by atoms with Gasteiger partial charge < -0.3 is 15.2 Å². The van der Waals surface area contributed by atoms with Crippen LogP contribution in [-0.2, 0) is 14.3 Å². The molecule has 0 aromatic carbocycles. The van der Waals surface area contributed by atoms with Crippen molar-refractivity contribution < 1.29 is 19.4 Å². The van der Waals surface area contributed by atoms with Crippen LogP contribution < -0.4 is 5.32 Å². The summed E-state index contributed by atoms with van der Waals surface area (Å²) in [6.07, 6.45) is 7.85. The highest BCUT2D eigenvalue weighted by molar-refractivity contribution is 5.78. The Balaban J connectivity index is 1.55. The fraction of sp³-hybridized carbons (Fsp3) is 0.867. The Bertz CT molecular complexity index is 403. The van der Waals surface area contributed by atoms with Crippen LogP contribution in [0.4, 0.5) is 0 Å². The zero-order valence-electron chi connectivity index (χ0n) is 11.8. The molecule has 1 saturated carbocycles. The lowest BCUT2D eigenvalue weighted by atomic mass is 9.79. The summed E-state index contributed by atoms with van der Waals surface area (Å²) in [6.45, 7) is 0. The van der Waals surface area contributed by atoms with Crippen molar-refractivity contribution in [1.29, 1.82) is 0 Å². The molecular weight excluding hydrogens is 258 g/mol. The van der Waals surface area contributed by atoms with Gasteiger partial charge in [-0.1, -0.05) is 12.8 Å². The normalized spacial score (nSPS) is 34.3. The molecule has 112 valence electrons. The second-order valence-electron chi connectivity index (χ2n) is 6.74. The molecule has 1 amide bonds. The predicted molar refractivity (Wildman–Crippen MR) is 72.2 cm³/mol. The number of carboxylic acids is 1. The van der Waals surface area contributed by atoms with Gasteiger partial charge >= 0.3 is 5.97 Å². The van der Waals surface area contributed by atoms with E-state index in [2.05, 4.69) is 5.32 Å². The highest BCUT2D eigenvalue weighted by Gasteiger charge is 2.43. The third kappa shape index (κ3) is 2.82. The van der Waals surface area contributed by atoms with Crippen molar-refractivity contribution >= 4 is 11.9 Å². The average Bonchev–Trinajstić information content (AvgIpc) is 3.04. The van der Waals surface area contributed by atoms with E-state index in [1.54, 1.807) is 0 Å². The van der Waals surface area contributed by atoms with E-state index in [-0.39, 0.29) is 29.9 Å².